The Hall–Kier alpha value is -0.610. The van der Waals surface area contributed by atoms with Gasteiger partial charge in [-0.15, -0.1) is 0 Å². The van der Waals surface area contributed by atoms with Crippen LogP contribution < -0.4 is 5.32 Å². The van der Waals surface area contributed by atoms with E-state index in [2.05, 4.69) is 17.1 Å². The Morgan fingerprint density at radius 1 is 1.25 bits per heavy atom. The van der Waals surface area contributed by atoms with Gasteiger partial charge in [0.2, 0.25) is 0 Å². The van der Waals surface area contributed by atoms with Gasteiger partial charge in [-0.3, -0.25) is 4.79 Å². The van der Waals surface area contributed by atoms with Gasteiger partial charge in [0, 0.05) is 19.1 Å². The van der Waals surface area contributed by atoms with E-state index in [0.717, 1.165) is 51.5 Å². The summed E-state index contributed by atoms with van der Waals surface area (Å²) in [5.41, 5.74) is -0.00487. The highest BCUT2D eigenvalue weighted by molar-refractivity contribution is 5.76. The number of carboxylic acid groups (broad SMARTS) is 1. The number of carboxylic acids is 1. The molecule has 0 radical (unpaired) electrons. The molecule has 1 heterocycles. The molecule has 0 amide bonds. The van der Waals surface area contributed by atoms with Crippen molar-refractivity contribution in [3.05, 3.63) is 0 Å². The maximum absolute atomic E-state index is 11.5. The van der Waals surface area contributed by atoms with Crippen LogP contribution >= 0.6 is 0 Å². The van der Waals surface area contributed by atoms with E-state index in [4.69, 9.17) is 0 Å². The fourth-order valence-electron chi connectivity index (χ4n) is 3.58. The summed E-state index contributed by atoms with van der Waals surface area (Å²) in [5, 5.41) is 13.1. The molecule has 4 nitrogen and oxygen atoms in total. The van der Waals surface area contributed by atoms with Crippen LogP contribution in [0, 0.1) is 10.8 Å². The predicted octanol–water partition coefficient (Wildman–Crippen LogP) is 2.10. The summed E-state index contributed by atoms with van der Waals surface area (Å²) in [6.07, 6.45) is 7.93. The van der Waals surface area contributed by atoms with E-state index < -0.39 is 11.4 Å². The van der Waals surface area contributed by atoms with Gasteiger partial charge < -0.3 is 15.3 Å². The molecule has 2 N–H and O–H groups in total. The second kappa shape index (κ2) is 5.30. The van der Waals surface area contributed by atoms with Gasteiger partial charge in [0.15, 0.2) is 0 Å². The summed E-state index contributed by atoms with van der Waals surface area (Å²) in [7, 11) is 0. The zero-order chi connectivity index (χ0) is 14.2. The molecule has 20 heavy (non-hydrogen) atoms. The average molecular weight is 280 g/mol. The minimum absolute atomic E-state index is 0.412. The van der Waals surface area contributed by atoms with Gasteiger partial charge in [-0.25, -0.2) is 0 Å². The van der Waals surface area contributed by atoms with Crippen molar-refractivity contribution in [2.75, 3.05) is 26.2 Å². The van der Waals surface area contributed by atoms with E-state index in [1.165, 1.54) is 25.7 Å². The van der Waals surface area contributed by atoms with Gasteiger partial charge in [0.25, 0.3) is 0 Å². The Labute approximate surface area is 121 Å². The summed E-state index contributed by atoms with van der Waals surface area (Å²) in [6.45, 7) is 6.43. The third kappa shape index (κ3) is 3.01. The molecule has 0 aromatic carbocycles. The highest BCUT2D eigenvalue weighted by atomic mass is 16.4. The van der Waals surface area contributed by atoms with Crippen LogP contribution in [0.4, 0.5) is 0 Å². The third-order valence-electron chi connectivity index (χ3n) is 5.75. The molecule has 2 saturated carbocycles. The Morgan fingerprint density at radius 2 is 1.90 bits per heavy atom. The SMILES string of the molecule is CC1(CNC2CC2)CCN(CC2(C(=O)O)CCC2)CC1. The van der Waals surface area contributed by atoms with Crippen LogP contribution in [0.15, 0.2) is 0 Å². The molecule has 0 atom stereocenters. The Morgan fingerprint density at radius 3 is 2.35 bits per heavy atom. The smallest absolute Gasteiger partial charge is 0.310 e. The highest BCUT2D eigenvalue weighted by Gasteiger charge is 2.46. The van der Waals surface area contributed by atoms with E-state index in [1.807, 2.05) is 0 Å². The number of hydrogen-bond acceptors (Lipinski definition) is 3. The van der Waals surface area contributed by atoms with Gasteiger partial charge in [-0.1, -0.05) is 13.3 Å². The number of carbonyl (C=O) groups is 1. The van der Waals surface area contributed by atoms with Gasteiger partial charge in [-0.2, -0.15) is 0 Å². The maximum Gasteiger partial charge on any atom is 0.310 e. The molecule has 0 aromatic heterocycles. The molecular formula is C16H28N2O2. The monoisotopic (exact) mass is 280 g/mol. The van der Waals surface area contributed by atoms with Crippen molar-refractivity contribution in [3.63, 3.8) is 0 Å². The van der Waals surface area contributed by atoms with Crippen LogP contribution in [0.25, 0.3) is 0 Å². The number of likely N-dealkylation sites (tertiary alicyclic amines) is 1. The largest absolute Gasteiger partial charge is 0.481 e. The number of nitrogens with one attached hydrogen (secondary N) is 1. The summed E-state index contributed by atoms with van der Waals surface area (Å²) in [4.78, 5) is 13.8. The van der Waals surface area contributed by atoms with Gasteiger partial charge in [0.1, 0.15) is 0 Å². The number of hydrogen-bond donors (Lipinski definition) is 2. The van der Waals surface area contributed by atoms with Crippen LogP contribution in [0.2, 0.25) is 0 Å². The molecule has 0 bridgehead atoms. The lowest BCUT2D eigenvalue weighted by Gasteiger charge is -2.45. The van der Waals surface area contributed by atoms with E-state index in [0.29, 0.717) is 5.41 Å². The Bertz CT molecular complexity index is 367. The lowest BCUT2D eigenvalue weighted by atomic mass is 9.68. The summed E-state index contributed by atoms with van der Waals surface area (Å²) in [6, 6.07) is 0.787. The molecule has 4 heteroatoms. The first-order valence-corrected chi connectivity index (χ1v) is 8.21. The van der Waals surface area contributed by atoms with E-state index in [9.17, 15) is 9.90 Å². The van der Waals surface area contributed by atoms with E-state index >= 15 is 0 Å². The Balaban J connectivity index is 1.46. The van der Waals surface area contributed by atoms with Crippen LogP contribution in [-0.2, 0) is 4.79 Å². The molecule has 0 aromatic rings. The molecule has 1 saturated heterocycles. The van der Waals surface area contributed by atoms with E-state index in [-0.39, 0.29) is 0 Å². The second-order valence-electron chi connectivity index (χ2n) is 7.68. The first-order chi connectivity index (χ1) is 9.51. The fraction of sp³-hybridized carbons (Fsp3) is 0.938. The van der Waals surface area contributed by atoms with Gasteiger partial charge in [0.05, 0.1) is 5.41 Å². The molecule has 2 aliphatic carbocycles. The zero-order valence-corrected chi connectivity index (χ0v) is 12.7. The van der Waals surface area contributed by atoms with Crippen molar-refractivity contribution >= 4 is 5.97 Å². The predicted molar refractivity (Wildman–Crippen MR) is 78.7 cm³/mol. The van der Waals surface area contributed by atoms with Gasteiger partial charge >= 0.3 is 5.97 Å². The molecule has 3 rings (SSSR count). The maximum atomic E-state index is 11.5. The van der Waals surface area contributed by atoms with Crippen molar-refractivity contribution < 1.29 is 9.90 Å². The second-order valence-corrected chi connectivity index (χ2v) is 7.68. The average Bonchev–Trinajstić information content (AvgIpc) is 3.17. The quantitative estimate of drug-likeness (QED) is 0.782. The minimum Gasteiger partial charge on any atom is -0.481 e. The number of aliphatic carboxylic acids is 1. The zero-order valence-electron chi connectivity index (χ0n) is 12.7. The topological polar surface area (TPSA) is 52.6 Å². The third-order valence-corrected chi connectivity index (χ3v) is 5.75. The first kappa shape index (κ1) is 14.3. The van der Waals surface area contributed by atoms with Crippen molar-refractivity contribution in [3.8, 4) is 0 Å². The van der Waals surface area contributed by atoms with Crippen molar-refractivity contribution in [1.82, 2.24) is 10.2 Å². The van der Waals surface area contributed by atoms with E-state index in [1.54, 1.807) is 0 Å². The normalized spacial score (nSPS) is 28.9. The summed E-state index contributed by atoms with van der Waals surface area (Å²) in [5.74, 6) is -0.576. The molecule has 1 aliphatic heterocycles. The van der Waals surface area contributed by atoms with Crippen LogP contribution in [-0.4, -0.2) is 48.2 Å². The number of rotatable bonds is 6. The lowest BCUT2D eigenvalue weighted by molar-refractivity contribution is -0.156. The molecule has 0 spiro atoms. The van der Waals surface area contributed by atoms with Crippen molar-refractivity contribution in [2.45, 2.75) is 57.9 Å². The summed E-state index contributed by atoms with van der Waals surface area (Å²) >= 11 is 0. The standard InChI is InChI=1S/C16H28N2O2/c1-15(11-17-13-3-4-13)7-9-18(10-8-15)12-16(14(19)20)5-2-6-16/h13,17H,2-12H2,1H3,(H,19,20). The van der Waals surface area contributed by atoms with Crippen LogP contribution in [0.5, 0.6) is 0 Å². The van der Waals surface area contributed by atoms with Crippen molar-refractivity contribution in [2.24, 2.45) is 10.8 Å². The number of piperidine rings is 1. The highest BCUT2D eigenvalue weighted by Crippen LogP contribution is 2.43. The van der Waals surface area contributed by atoms with Crippen molar-refractivity contribution in [1.29, 1.82) is 0 Å². The Kier molecular flexibility index (Phi) is 3.80. The van der Waals surface area contributed by atoms with Crippen LogP contribution in [0.1, 0.15) is 51.9 Å². The minimum atomic E-state index is -0.576. The summed E-state index contributed by atoms with van der Waals surface area (Å²) < 4.78 is 0. The fourth-order valence-corrected chi connectivity index (χ4v) is 3.58. The molecule has 3 fully saturated rings. The molecular weight excluding hydrogens is 252 g/mol. The number of nitrogens with zero attached hydrogens (tertiary/aromatic N) is 1. The molecule has 0 unspecified atom stereocenters. The lowest BCUT2D eigenvalue weighted by Crippen LogP contribution is -2.51. The van der Waals surface area contributed by atoms with Gasteiger partial charge in [-0.05, 0) is 57.0 Å². The van der Waals surface area contributed by atoms with Crippen LogP contribution in [0.3, 0.4) is 0 Å². The molecule has 3 aliphatic rings. The molecule has 114 valence electrons. The first-order valence-electron chi connectivity index (χ1n) is 8.21.